The van der Waals surface area contributed by atoms with Crippen molar-refractivity contribution >= 4 is 99.5 Å². The van der Waals surface area contributed by atoms with Gasteiger partial charge in [0.15, 0.2) is 0 Å². The fraction of sp³-hybridized carbons (Fsp3) is 0.0741. The summed E-state index contributed by atoms with van der Waals surface area (Å²) in [6.45, 7) is 1.96. The van der Waals surface area contributed by atoms with E-state index in [0.29, 0.717) is 55.9 Å². The quantitative estimate of drug-likeness (QED) is 0.156. The first kappa shape index (κ1) is 41.8. The number of hydrogen-bond donors (Lipinski definition) is 0. The Morgan fingerprint density at radius 3 is 1.10 bits per heavy atom. The molecule has 0 bridgehead atoms. The monoisotopic (exact) mass is 910 g/mol. The first-order chi connectivity index (χ1) is 32.0. The van der Waals surface area contributed by atoms with Gasteiger partial charge in [0.25, 0.3) is 0 Å². The van der Waals surface area contributed by atoms with Gasteiger partial charge in [-0.1, -0.05) is 29.8 Å². The Labute approximate surface area is 374 Å². The maximum atomic E-state index is 13.5. The molecule has 0 aliphatic rings. The molecule has 4 nitrogen and oxygen atoms in total. The van der Waals surface area contributed by atoms with Crippen molar-refractivity contribution in [2.75, 3.05) is 9.80 Å². The van der Waals surface area contributed by atoms with Crippen molar-refractivity contribution < 1.29 is 48.3 Å². The lowest BCUT2D eigenvalue weighted by Gasteiger charge is -2.26. The van der Waals surface area contributed by atoms with Crippen LogP contribution in [-0.4, -0.2) is 0 Å². The van der Waals surface area contributed by atoms with Crippen LogP contribution in [0.1, 0.15) is 22.3 Å². The standard InChI is InChI=1S/C54H31F9N2O2/c1-30-2-12-36(13-3-30)64(37-14-6-33(7-15-37)52(55,56)57)40-20-24-42-31(28-40)4-22-44-45-26-27-47-48(51(45)67-49(42)44)46-23-5-32-29-41(21-25-43(32)50(46)66-47)65(38-16-8-34(9-17-38)53(58,59)60)39-18-10-35(11-19-39)54(61,62)63/h2-29H,1H3. The van der Waals surface area contributed by atoms with Gasteiger partial charge in [0.05, 0.1) is 22.1 Å². The zero-order valence-electron chi connectivity index (χ0n) is 34.8. The number of fused-ring (bicyclic) bond motifs is 11. The second kappa shape index (κ2) is 15.1. The number of hydrogen-bond acceptors (Lipinski definition) is 4. The van der Waals surface area contributed by atoms with Gasteiger partial charge in [-0.3, -0.25) is 0 Å². The van der Waals surface area contributed by atoms with Crippen molar-refractivity contribution in [1.29, 1.82) is 0 Å². The smallest absolute Gasteiger partial charge is 0.416 e. The Morgan fingerprint density at radius 2 is 0.672 bits per heavy atom. The molecule has 0 aliphatic heterocycles. The Bertz CT molecular complexity index is 3640. The lowest BCUT2D eigenvalue weighted by molar-refractivity contribution is -0.138. The van der Waals surface area contributed by atoms with E-state index in [4.69, 9.17) is 8.83 Å². The minimum Gasteiger partial charge on any atom is -0.455 e. The maximum absolute atomic E-state index is 13.5. The highest BCUT2D eigenvalue weighted by molar-refractivity contribution is 6.27. The van der Waals surface area contributed by atoms with E-state index >= 15 is 0 Å². The van der Waals surface area contributed by atoms with Crippen molar-refractivity contribution in [2.45, 2.75) is 25.5 Å². The van der Waals surface area contributed by atoms with Crippen molar-refractivity contribution in [3.63, 3.8) is 0 Å². The van der Waals surface area contributed by atoms with E-state index < -0.39 is 35.2 Å². The van der Waals surface area contributed by atoms with Gasteiger partial charge in [0.1, 0.15) is 22.3 Å². The summed E-state index contributed by atoms with van der Waals surface area (Å²) in [5.74, 6) is 0. The molecule has 0 atom stereocenters. The summed E-state index contributed by atoms with van der Waals surface area (Å²) in [7, 11) is 0. The summed E-state index contributed by atoms with van der Waals surface area (Å²) in [6.07, 6.45) is -13.6. The average molecular weight is 911 g/mol. The molecule has 0 spiro atoms. The molecule has 0 saturated heterocycles. The highest BCUT2D eigenvalue weighted by atomic mass is 19.4. The molecule has 332 valence electrons. The normalized spacial score (nSPS) is 12.6. The molecule has 11 aromatic rings. The molecule has 11 rings (SSSR count). The number of benzene rings is 9. The number of rotatable bonds is 6. The molecule has 0 amide bonds. The van der Waals surface area contributed by atoms with E-state index in [0.717, 1.165) is 85.7 Å². The third-order valence-corrected chi connectivity index (χ3v) is 12.2. The van der Waals surface area contributed by atoms with Crippen molar-refractivity contribution in [2.24, 2.45) is 0 Å². The van der Waals surface area contributed by atoms with Crippen molar-refractivity contribution in [3.05, 3.63) is 192 Å². The van der Waals surface area contributed by atoms with Gasteiger partial charge in [0, 0.05) is 61.1 Å². The molecule has 2 aromatic heterocycles. The van der Waals surface area contributed by atoms with Crippen LogP contribution in [0.25, 0.3) is 65.4 Å². The van der Waals surface area contributed by atoms with E-state index in [2.05, 4.69) is 0 Å². The predicted molar refractivity (Wildman–Crippen MR) is 245 cm³/mol. The summed E-state index contributed by atoms with van der Waals surface area (Å²) >= 11 is 0. The lowest BCUT2D eigenvalue weighted by Crippen LogP contribution is -2.12. The number of halogens is 9. The lowest BCUT2D eigenvalue weighted by atomic mass is 10.0. The SMILES string of the molecule is Cc1ccc(N(c2ccc(C(F)(F)F)cc2)c2ccc3c(ccc4c5ccc6oc7c8ccc(N(c9ccc(C(F)(F)F)cc9)c9ccc(C(F)(F)F)cc9)cc8ccc7c6c5oc34)c2)cc1. The molecule has 9 aromatic carbocycles. The van der Waals surface area contributed by atoms with E-state index in [1.54, 1.807) is 17.0 Å². The van der Waals surface area contributed by atoms with Crippen LogP contribution in [0.2, 0.25) is 0 Å². The van der Waals surface area contributed by atoms with Crippen molar-refractivity contribution in [3.8, 4) is 0 Å². The van der Waals surface area contributed by atoms with Gasteiger partial charge in [-0.2, -0.15) is 39.5 Å². The van der Waals surface area contributed by atoms with E-state index in [1.165, 1.54) is 36.4 Å². The van der Waals surface area contributed by atoms with Gasteiger partial charge in [-0.25, -0.2) is 0 Å². The van der Waals surface area contributed by atoms with Gasteiger partial charge in [-0.15, -0.1) is 0 Å². The van der Waals surface area contributed by atoms with Gasteiger partial charge >= 0.3 is 18.5 Å². The van der Waals surface area contributed by atoms with Crippen LogP contribution in [-0.2, 0) is 18.5 Å². The van der Waals surface area contributed by atoms with Gasteiger partial charge in [0.2, 0.25) is 0 Å². The number of alkyl halides is 9. The molecule has 0 N–H and O–H groups in total. The van der Waals surface area contributed by atoms with Crippen LogP contribution in [0, 0.1) is 6.92 Å². The number of aryl methyl sites for hydroxylation is 1. The van der Waals surface area contributed by atoms with Crippen LogP contribution in [0.15, 0.2) is 179 Å². The first-order valence-corrected chi connectivity index (χ1v) is 20.9. The molecule has 0 fully saturated rings. The molecular weight excluding hydrogens is 880 g/mol. The summed E-state index contributed by atoms with van der Waals surface area (Å²) in [4.78, 5) is 3.49. The fourth-order valence-corrected chi connectivity index (χ4v) is 8.91. The Balaban J connectivity index is 1.01. The van der Waals surface area contributed by atoms with Crippen LogP contribution < -0.4 is 9.80 Å². The Morgan fingerprint density at radius 1 is 0.328 bits per heavy atom. The Hall–Kier alpha value is -7.93. The number of anilines is 6. The second-order valence-corrected chi connectivity index (χ2v) is 16.4. The van der Waals surface area contributed by atoms with E-state index in [-0.39, 0.29) is 0 Å². The third kappa shape index (κ3) is 7.22. The summed E-state index contributed by atoms with van der Waals surface area (Å²) in [5, 5.41) is 6.28. The highest BCUT2D eigenvalue weighted by Gasteiger charge is 2.33. The molecule has 0 radical (unpaired) electrons. The molecule has 67 heavy (non-hydrogen) atoms. The van der Waals surface area contributed by atoms with Crippen LogP contribution in [0.3, 0.4) is 0 Å². The molecule has 13 heteroatoms. The fourth-order valence-electron chi connectivity index (χ4n) is 8.91. The topological polar surface area (TPSA) is 32.8 Å². The van der Waals surface area contributed by atoms with Crippen molar-refractivity contribution in [1.82, 2.24) is 0 Å². The minimum atomic E-state index is -4.59. The average Bonchev–Trinajstić information content (AvgIpc) is 3.88. The number of nitrogens with zero attached hydrogens (tertiary/aromatic N) is 2. The summed E-state index contributed by atoms with van der Waals surface area (Å²) < 4.78 is 135. The van der Waals surface area contributed by atoms with Crippen LogP contribution in [0.5, 0.6) is 0 Å². The van der Waals surface area contributed by atoms with E-state index in [1.807, 2.05) is 96.8 Å². The zero-order chi connectivity index (χ0) is 46.6. The molecule has 0 unspecified atom stereocenters. The highest BCUT2D eigenvalue weighted by Crippen LogP contribution is 2.46. The van der Waals surface area contributed by atoms with Gasteiger partial charge in [-0.05, 0) is 163 Å². The molecule has 0 aliphatic carbocycles. The molecule has 0 saturated carbocycles. The van der Waals surface area contributed by atoms with Crippen LogP contribution >= 0.6 is 0 Å². The molecule has 2 heterocycles. The predicted octanol–water partition coefficient (Wildman–Crippen LogP) is 18.1. The summed E-state index contributed by atoms with van der Waals surface area (Å²) in [6, 6.07) is 44.3. The summed E-state index contributed by atoms with van der Waals surface area (Å²) in [5.41, 5.74) is 4.04. The largest absolute Gasteiger partial charge is 0.455 e. The number of furan rings is 2. The zero-order valence-corrected chi connectivity index (χ0v) is 34.8. The maximum Gasteiger partial charge on any atom is 0.416 e. The Kier molecular flexibility index (Phi) is 9.38. The first-order valence-electron chi connectivity index (χ1n) is 20.9. The minimum absolute atomic E-state index is 0.302. The van der Waals surface area contributed by atoms with E-state index in [9.17, 15) is 39.5 Å². The molecular formula is C54H31F9N2O2. The van der Waals surface area contributed by atoms with Crippen LogP contribution in [0.4, 0.5) is 73.6 Å². The van der Waals surface area contributed by atoms with Gasteiger partial charge < -0.3 is 18.6 Å². The third-order valence-electron chi connectivity index (χ3n) is 12.2. The second-order valence-electron chi connectivity index (χ2n) is 16.4.